The molecule has 23 heavy (non-hydrogen) atoms. The number of benzene rings is 2. The number of methoxy groups -OCH3 is 1. The molecule has 3 aromatic rings. The molecular weight excluding hydrogens is 299 g/mol. The van der Waals surface area contributed by atoms with E-state index in [4.69, 9.17) is 4.74 Å². The highest BCUT2D eigenvalue weighted by molar-refractivity contribution is 5.97. The smallest absolute Gasteiger partial charge is 0.251 e. The molecule has 118 valence electrons. The molecule has 3 rings (SSSR count). The minimum absolute atomic E-state index is 0.170. The van der Waals surface area contributed by atoms with E-state index in [1.165, 1.54) is 19.2 Å². The number of halogens is 1. The number of aromatic amines is 1. The lowest BCUT2D eigenvalue weighted by atomic mass is 10.1. The molecule has 0 spiro atoms. The average Bonchev–Trinajstić information content (AvgIpc) is 3.02. The summed E-state index contributed by atoms with van der Waals surface area (Å²) >= 11 is 0. The van der Waals surface area contributed by atoms with Gasteiger partial charge in [-0.1, -0.05) is 6.07 Å². The van der Waals surface area contributed by atoms with Gasteiger partial charge >= 0.3 is 0 Å². The third kappa shape index (κ3) is 2.98. The molecule has 1 amide bonds. The summed E-state index contributed by atoms with van der Waals surface area (Å²) in [6.07, 6.45) is 0. The van der Waals surface area contributed by atoms with Crippen molar-refractivity contribution in [2.24, 2.45) is 0 Å². The van der Waals surface area contributed by atoms with Crippen molar-refractivity contribution in [3.63, 3.8) is 0 Å². The van der Waals surface area contributed by atoms with Crippen LogP contribution in [-0.2, 0) is 0 Å². The highest BCUT2D eigenvalue weighted by atomic mass is 19.1. The van der Waals surface area contributed by atoms with Gasteiger partial charge in [-0.3, -0.25) is 4.79 Å². The molecule has 6 nitrogen and oxygen atoms in total. The number of carbonyl (C=O) groups is 1. The summed E-state index contributed by atoms with van der Waals surface area (Å²) in [5.74, 6) is -0.558. The zero-order valence-electron chi connectivity index (χ0n) is 12.6. The Morgan fingerprint density at radius 3 is 2.74 bits per heavy atom. The van der Waals surface area contributed by atoms with Crippen LogP contribution in [0.25, 0.3) is 11.0 Å². The lowest BCUT2D eigenvalue weighted by Crippen LogP contribution is -2.26. The van der Waals surface area contributed by atoms with E-state index >= 15 is 0 Å². The molecule has 0 saturated carbocycles. The fraction of sp³-hybridized carbons (Fsp3) is 0.188. The van der Waals surface area contributed by atoms with Crippen molar-refractivity contribution in [3.8, 4) is 5.75 Å². The van der Waals surface area contributed by atoms with Crippen molar-refractivity contribution < 1.29 is 13.9 Å². The summed E-state index contributed by atoms with van der Waals surface area (Å²) in [6.45, 7) is 1.79. The molecule has 0 radical (unpaired) electrons. The van der Waals surface area contributed by atoms with E-state index in [1.807, 2.05) is 0 Å². The van der Waals surface area contributed by atoms with Crippen LogP contribution in [0.3, 0.4) is 0 Å². The molecule has 0 bridgehead atoms. The standard InChI is InChI=1S/C16H15FN4O2/c1-9(10-4-6-15(23-2)12(17)7-10)18-16(22)11-3-5-13-14(8-11)20-21-19-13/h3-9H,1-2H3,(H,18,22)(H,19,20,21). The monoisotopic (exact) mass is 314 g/mol. The Kier molecular flexibility index (Phi) is 3.92. The van der Waals surface area contributed by atoms with Gasteiger partial charge in [0.05, 0.1) is 13.2 Å². The zero-order chi connectivity index (χ0) is 16.4. The molecular formula is C16H15FN4O2. The first-order valence-corrected chi connectivity index (χ1v) is 7.03. The van der Waals surface area contributed by atoms with Crippen molar-refractivity contribution in [3.05, 3.63) is 53.3 Å². The lowest BCUT2D eigenvalue weighted by Gasteiger charge is -2.15. The minimum Gasteiger partial charge on any atom is -0.494 e. The van der Waals surface area contributed by atoms with Gasteiger partial charge in [0.25, 0.3) is 5.91 Å². The van der Waals surface area contributed by atoms with Crippen LogP contribution in [0.2, 0.25) is 0 Å². The second kappa shape index (κ2) is 6.04. The van der Waals surface area contributed by atoms with Crippen LogP contribution < -0.4 is 10.1 Å². The number of ether oxygens (including phenoxy) is 1. The number of hydrogen-bond donors (Lipinski definition) is 2. The molecule has 1 unspecified atom stereocenters. The highest BCUT2D eigenvalue weighted by Gasteiger charge is 2.14. The predicted octanol–water partition coefficient (Wildman–Crippen LogP) is 2.60. The molecule has 0 saturated heterocycles. The van der Waals surface area contributed by atoms with Gasteiger partial charge in [0.2, 0.25) is 0 Å². The maximum Gasteiger partial charge on any atom is 0.251 e. The van der Waals surface area contributed by atoms with Gasteiger partial charge in [0, 0.05) is 5.56 Å². The first-order chi connectivity index (χ1) is 11.1. The van der Waals surface area contributed by atoms with Crippen LogP contribution in [0.1, 0.15) is 28.9 Å². The lowest BCUT2D eigenvalue weighted by molar-refractivity contribution is 0.0940. The first kappa shape index (κ1) is 15.0. The van der Waals surface area contributed by atoms with E-state index in [0.717, 1.165) is 0 Å². The largest absolute Gasteiger partial charge is 0.494 e. The number of fused-ring (bicyclic) bond motifs is 1. The minimum atomic E-state index is -0.463. The number of carbonyl (C=O) groups excluding carboxylic acids is 1. The Morgan fingerprint density at radius 1 is 1.22 bits per heavy atom. The van der Waals surface area contributed by atoms with Gasteiger partial charge in [-0.25, -0.2) is 4.39 Å². The van der Waals surface area contributed by atoms with Gasteiger partial charge < -0.3 is 10.1 Å². The number of rotatable bonds is 4. The molecule has 0 aliphatic heterocycles. The van der Waals surface area contributed by atoms with Gasteiger partial charge in [0.15, 0.2) is 11.6 Å². The Morgan fingerprint density at radius 2 is 2.00 bits per heavy atom. The second-order valence-electron chi connectivity index (χ2n) is 5.12. The molecule has 1 atom stereocenters. The Bertz CT molecular complexity index is 862. The quantitative estimate of drug-likeness (QED) is 0.776. The highest BCUT2D eigenvalue weighted by Crippen LogP contribution is 2.22. The van der Waals surface area contributed by atoms with Gasteiger partial charge in [-0.2, -0.15) is 15.4 Å². The maximum atomic E-state index is 13.8. The van der Waals surface area contributed by atoms with Crippen molar-refractivity contribution in [2.45, 2.75) is 13.0 Å². The molecule has 7 heteroatoms. The van der Waals surface area contributed by atoms with Crippen LogP contribution in [0.4, 0.5) is 4.39 Å². The summed E-state index contributed by atoms with van der Waals surface area (Å²) in [4.78, 5) is 12.3. The third-order valence-electron chi connectivity index (χ3n) is 3.60. The van der Waals surface area contributed by atoms with Crippen molar-refractivity contribution in [1.29, 1.82) is 0 Å². The van der Waals surface area contributed by atoms with Crippen molar-refractivity contribution in [2.75, 3.05) is 7.11 Å². The summed E-state index contributed by atoms with van der Waals surface area (Å²) in [5.41, 5.74) is 2.42. The number of hydrogen-bond acceptors (Lipinski definition) is 4. The number of nitrogens with one attached hydrogen (secondary N) is 2. The van der Waals surface area contributed by atoms with Gasteiger partial charge in [-0.15, -0.1) is 0 Å². The zero-order valence-corrected chi connectivity index (χ0v) is 12.6. The molecule has 1 aromatic heterocycles. The van der Waals surface area contributed by atoms with Crippen LogP contribution in [0, 0.1) is 5.82 Å². The average molecular weight is 314 g/mol. The third-order valence-corrected chi connectivity index (χ3v) is 3.60. The molecule has 1 heterocycles. The summed E-state index contributed by atoms with van der Waals surface area (Å²) < 4.78 is 18.6. The topological polar surface area (TPSA) is 79.9 Å². The maximum absolute atomic E-state index is 13.8. The predicted molar refractivity (Wildman–Crippen MR) is 82.7 cm³/mol. The molecule has 2 N–H and O–H groups in total. The summed E-state index contributed by atoms with van der Waals surface area (Å²) in [5, 5.41) is 13.2. The summed E-state index contributed by atoms with van der Waals surface area (Å²) in [6, 6.07) is 9.28. The Balaban J connectivity index is 1.77. The molecule has 0 aliphatic carbocycles. The second-order valence-corrected chi connectivity index (χ2v) is 5.12. The normalized spacial score (nSPS) is 12.1. The van der Waals surface area contributed by atoms with Crippen LogP contribution in [0.5, 0.6) is 5.75 Å². The van der Waals surface area contributed by atoms with Crippen molar-refractivity contribution >= 4 is 16.9 Å². The molecule has 0 aliphatic rings. The van der Waals surface area contributed by atoms with Crippen LogP contribution in [0.15, 0.2) is 36.4 Å². The van der Waals surface area contributed by atoms with E-state index in [2.05, 4.69) is 20.7 Å². The van der Waals surface area contributed by atoms with E-state index in [9.17, 15) is 9.18 Å². The Labute approximate surface area is 131 Å². The van der Waals surface area contributed by atoms with Gasteiger partial charge in [-0.05, 0) is 42.8 Å². The number of aromatic nitrogens is 3. The number of H-pyrrole nitrogens is 1. The number of amides is 1. The molecule has 0 fully saturated rings. The van der Waals surface area contributed by atoms with Crippen LogP contribution >= 0.6 is 0 Å². The SMILES string of the molecule is COc1ccc(C(C)NC(=O)c2ccc3n[nH]nc3c2)cc1F. The van der Waals surface area contributed by atoms with Crippen molar-refractivity contribution in [1.82, 2.24) is 20.7 Å². The number of nitrogens with zero attached hydrogens (tertiary/aromatic N) is 2. The van der Waals surface area contributed by atoms with E-state index < -0.39 is 5.82 Å². The Hall–Kier alpha value is -2.96. The van der Waals surface area contributed by atoms with Crippen LogP contribution in [-0.4, -0.2) is 28.4 Å². The van der Waals surface area contributed by atoms with E-state index in [-0.39, 0.29) is 17.7 Å². The molecule has 2 aromatic carbocycles. The van der Waals surface area contributed by atoms with Gasteiger partial charge in [0.1, 0.15) is 11.0 Å². The summed E-state index contributed by atoms with van der Waals surface area (Å²) in [7, 11) is 1.41. The first-order valence-electron chi connectivity index (χ1n) is 7.03. The van der Waals surface area contributed by atoms with E-state index in [0.29, 0.717) is 22.2 Å². The fourth-order valence-corrected chi connectivity index (χ4v) is 2.30. The fourth-order valence-electron chi connectivity index (χ4n) is 2.30. The van der Waals surface area contributed by atoms with E-state index in [1.54, 1.807) is 31.2 Å².